The van der Waals surface area contributed by atoms with Crippen molar-refractivity contribution in [3.63, 3.8) is 0 Å². The van der Waals surface area contributed by atoms with Gasteiger partial charge in [-0.15, -0.1) is 0 Å². The summed E-state index contributed by atoms with van der Waals surface area (Å²) in [5, 5.41) is 9.36. The lowest BCUT2D eigenvalue weighted by molar-refractivity contribution is -0.156. The summed E-state index contributed by atoms with van der Waals surface area (Å²) in [6, 6.07) is 0. The number of hydrogen-bond donors (Lipinski definition) is 1. The summed E-state index contributed by atoms with van der Waals surface area (Å²) in [5.74, 6) is -1.29. The summed E-state index contributed by atoms with van der Waals surface area (Å²) in [5.41, 5.74) is -1.30. The molecule has 0 saturated heterocycles. The van der Waals surface area contributed by atoms with Crippen LogP contribution in [0.2, 0.25) is 0 Å². The van der Waals surface area contributed by atoms with E-state index in [1.165, 1.54) is 6.92 Å². The molecular weight excluding hydrogens is 220 g/mol. The maximum atomic E-state index is 12.1. The van der Waals surface area contributed by atoms with Gasteiger partial charge in [-0.1, -0.05) is 19.3 Å². The minimum atomic E-state index is -1.30. The van der Waals surface area contributed by atoms with Crippen molar-refractivity contribution in [3.05, 3.63) is 0 Å². The Kier molecular flexibility index (Phi) is 4.85. The number of carbonyl (C=O) groups excluding carboxylic acids is 2. The molecule has 1 aliphatic carbocycles. The van der Waals surface area contributed by atoms with Gasteiger partial charge in [-0.05, 0) is 26.2 Å². The highest BCUT2D eigenvalue weighted by atomic mass is 16.4. The van der Waals surface area contributed by atoms with E-state index in [9.17, 15) is 19.5 Å². The molecule has 1 N–H and O–H groups in total. The number of hydrogen-bond acceptors (Lipinski definition) is 3. The highest BCUT2D eigenvalue weighted by Gasteiger charge is 2.44. The Morgan fingerprint density at radius 3 is 2.47 bits per heavy atom. The Bertz CT molecular complexity index is 321. The van der Waals surface area contributed by atoms with Crippen molar-refractivity contribution >= 4 is 17.5 Å². The van der Waals surface area contributed by atoms with Gasteiger partial charge in [0.15, 0.2) is 0 Å². The average molecular weight is 240 g/mol. The molecule has 0 heterocycles. The Morgan fingerprint density at radius 1 is 1.24 bits per heavy atom. The average Bonchev–Trinajstić information content (AvgIpc) is 2.23. The third-order valence-electron chi connectivity index (χ3n) is 3.60. The Labute approximate surface area is 101 Å². The molecule has 0 amide bonds. The van der Waals surface area contributed by atoms with Crippen LogP contribution >= 0.6 is 0 Å². The van der Waals surface area contributed by atoms with Crippen molar-refractivity contribution in [2.24, 2.45) is 5.41 Å². The van der Waals surface area contributed by atoms with E-state index in [-0.39, 0.29) is 24.4 Å². The van der Waals surface area contributed by atoms with Crippen molar-refractivity contribution in [2.45, 2.75) is 58.3 Å². The van der Waals surface area contributed by atoms with E-state index >= 15 is 0 Å². The van der Waals surface area contributed by atoms with Gasteiger partial charge in [-0.2, -0.15) is 0 Å². The number of ketones is 2. The molecule has 0 radical (unpaired) electrons. The third-order valence-corrected chi connectivity index (χ3v) is 3.60. The molecule has 0 aromatic carbocycles. The van der Waals surface area contributed by atoms with Crippen LogP contribution in [0.3, 0.4) is 0 Å². The highest BCUT2D eigenvalue weighted by molar-refractivity contribution is 6.03. The molecule has 1 atom stereocenters. The van der Waals surface area contributed by atoms with Crippen molar-refractivity contribution in [3.8, 4) is 0 Å². The van der Waals surface area contributed by atoms with Crippen LogP contribution in [0.1, 0.15) is 58.3 Å². The molecule has 4 nitrogen and oxygen atoms in total. The Hall–Kier alpha value is -1.19. The zero-order chi connectivity index (χ0) is 12.9. The first kappa shape index (κ1) is 13.9. The van der Waals surface area contributed by atoms with Crippen molar-refractivity contribution in [1.82, 2.24) is 0 Å². The molecule has 4 heteroatoms. The van der Waals surface area contributed by atoms with Crippen LogP contribution in [0.15, 0.2) is 0 Å². The largest absolute Gasteiger partial charge is 0.480 e. The quantitative estimate of drug-likeness (QED) is 0.766. The van der Waals surface area contributed by atoms with Crippen LogP contribution in [-0.4, -0.2) is 22.6 Å². The molecule has 17 heavy (non-hydrogen) atoms. The van der Waals surface area contributed by atoms with E-state index in [2.05, 4.69) is 0 Å². The highest BCUT2D eigenvalue weighted by Crippen LogP contribution is 2.36. The fourth-order valence-corrected chi connectivity index (χ4v) is 2.43. The SMILES string of the molecule is CC(=O)CC[C@@]1(C(=O)O)CCCCCCC1=O. The predicted molar refractivity (Wildman–Crippen MR) is 62.7 cm³/mol. The number of carboxylic acids is 1. The van der Waals surface area contributed by atoms with Gasteiger partial charge in [0.1, 0.15) is 17.0 Å². The van der Waals surface area contributed by atoms with E-state index in [1.54, 1.807) is 0 Å². The summed E-state index contributed by atoms with van der Waals surface area (Å²) < 4.78 is 0. The monoisotopic (exact) mass is 240 g/mol. The molecule has 0 bridgehead atoms. The van der Waals surface area contributed by atoms with E-state index in [1.807, 2.05) is 0 Å². The lowest BCUT2D eigenvalue weighted by Crippen LogP contribution is -2.40. The lowest BCUT2D eigenvalue weighted by atomic mass is 9.72. The molecular formula is C13H20O4. The van der Waals surface area contributed by atoms with Gasteiger partial charge in [-0.3, -0.25) is 9.59 Å². The van der Waals surface area contributed by atoms with Gasteiger partial charge in [0.2, 0.25) is 0 Å². The molecule has 1 aliphatic rings. The molecule has 1 fully saturated rings. The molecule has 0 spiro atoms. The lowest BCUT2D eigenvalue weighted by Gasteiger charge is -2.29. The molecule has 1 rings (SSSR count). The molecule has 0 aromatic heterocycles. The number of Topliss-reactive ketones (excluding diaryl/α,β-unsaturated/α-hetero) is 2. The summed E-state index contributed by atoms with van der Waals surface area (Å²) in [6.07, 6.45) is 4.56. The second kappa shape index (κ2) is 5.94. The number of rotatable bonds is 4. The normalized spacial score (nSPS) is 26.1. The predicted octanol–water partition coefficient (Wildman–Crippen LogP) is 2.35. The maximum Gasteiger partial charge on any atom is 0.317 e. The van der Waals surface area contributed by atoms with Gasteiger partial charge in [-0.25, -0.2) is 0 Å². The summed E-state index contributed by atoms with van der Waals surface area (Å²) >= 11 is 0. The number of carboxylic acid groups (broad SMARTS) is 1. The van der Waals surface area contributed by atoms with Crippen LogP contribution in [0.4, 0.5) is 0 Å². The number of aliphatic carboxylic acids is 1. The zero-order valence-corrected chi connectivity index (χ0v) is 10.3. The van der Waals surface area contributed by atoms with Gasteiger partial charge in [0, 0.05) is 12.8 Å². The van der Waals surface area contributed by atoms with Gasteiger partial charge in [0.25, 0.3) is 0 Å². The summed E-state index contributed by atoms with van der Waals surface area (Å²) in [6.45, 7) is 1.43. The van der Waals surface area contributed by atoms with Crippen LogP contribution in [0.5, 0.6) is 0 Å². The topological polar surface area (TPSA) is 71.4 Å². The molecule has 1 saturated carbocycles. The van der Waals surface area contributed by atoms with Crippen LogP contribution in [0.25, 0.3) is 0 Å². The number of carbonyl (C=O) groups is 3. The fraction of sp³-hybridized carbons (Fsp3) is 0.769. The smallest absolute Gasteiger partial charge is 0.317 e. The first-order valence-electron chi connectivity index (χ1n) is 6.25. The van der Waals surface area contributed by atoms with Gasteiger partial charge >= 0.3 is 5.97 Å². The molecule has 0 aliphatic heterocycles. The maximum absolute atomic E-state index is 12.1. The first-order chi connectivity index (χ1) is 7.99. The summed E-state index contributed by atoms with van der Waals surface area (Å²) in [4.78, 5) is 34.5. The van der Waals surface area contributed by atoms with Crippen molar-refractivity contribution in [2.75, 3.05) is 0 Å². The van der Waals surface area contributed by atoms with Crippen molar-refractivity contribution in [1.29, 1.82) is 0 Å². The molecule has 0 aromatic rings. The van der Waals surface area contributed by atoms with Crippen LogP contribution in [-0.2, 0) is 14.4 Å². The fourth-order valence-electron chi connectivity index (χ4n) is 2.43. The van der Waals surface area contributed by atoms with Crippen molar-refractivity contribution < 1.29 is 19.5 Å². The van der Waals surface area contributed by atoms with E-state index < -0.39 is 11.4 Å². The van der Waals surface area contributed by atoms with E-state index in [4.69, 9.17) is 0 Å². The third kappa shape index (κ3) is 3.38. The Morgan fingerprint density at radius 2 is 1.88 bits per heavy atom. The molecule has 0 unspecified atom stereocenters. The Balaban J connectivity index is 2.87. The standard InChI is InChI=1S/C13H20O4/c1-10(14)7-9-13(12(16)17)8-5-3-2-4-6-11(13)15/h2-9H2,1H3,(H,16,17)/t13-/m0/s1. The van der Waals surface area contributed by atoms with Gasteiger partial charge in [0.05, 0.1) is 0 Å². The zero-order valence-electron chi connectivity index (χ0n) is 10.3. The molecule has 96 valence electrons. The van der Waals surface area contributed by atoms with Crippen LogP contribution < -0.4 is 0 Å². The van der Waals surface area contributed by atoms with Crippen LogP contribution in [0, 0.1) is 5.41 Å². The second-order valence-electron chi connectivity index (χ2n) is 4.93. The minimum absolute atomic E-state index is 0.0551. The van der Waals surface area contributed by atoms with E-state index in [0.29, 0.717) is 12.8 Å². The minimum Gasteiger partial charge on any atom is -0.480 e. The first-order valence-corrected chi connectivity index (χ1v) is 6.25. The summed E-state index contributed by atoms with van der Waals surface area (Å²) in [7, 11) is 0. The van der Waals surface area contributed by atoms with E-state index in [0.717, 1.165) is 25.7 Å². The van der Waals surface area contributed by atoms with Gasteiger partial charge < -0.3 is 9.90 Å². The second-order valence-corrected chi connectivity index (χ2v) is 4.93.